The molecule has 4 N–H and O–H groups in total. The number of carbonyl (C=O) groups is 1. The molecule has 0 aliphatic carbocycles. The Labute approximate surface area is 97.9 Å². The first-order valence-corrected chi connectivity index (χ1v) is 5.83. The number of unbranched alkanes of at least 4 members (excludes halogenated alkanes) is 1. The summed E-state index contributed by atoms with van der Waals surface area (Å²) >= 11 is 0. The van der Waals surface area contributed by atoms with Crippen LogP contribution in [0.15, 0.2) is 12.2 Å². The highest BCUT2D eigenvalue weighted by molar-refractivity contribution is 5.84. The average Bonchev–Trinajstić information content (AvgIpc) is 2.25. The number of nitrogens with one attached hydrogen (secondary N) is 1. The number of nitrogens with two attached hydrogens (primary N) is 1. The van der Waals surface area contributed by atoms with E-state index in [-0.39, 0.29) is 18.6 Å². The van der Waals surface area contributed by atoms with Crippen molar-refractivity contribution >= 4 is 5.78 Å². The van der Waals surface area contributed by atoms with Crippen LogP contribution in [0.2, 0.25) is 0 Å². The maximum absolute atomic E-state index is 11.8. The topological polar surface area (TPSA) is 75.4 Å². The first-order valence-electron chi connectivity index (χ1n) is 5.83. The zero-order chi connectivity index (χ0) is 12.4. The Morgan fingerprint density at radius 3 is 2.62 bits per heavy atom. The van der Waals surface area contributed by atoms with Crippen LogP contribution in [0, 0.1) is 0 Å². The van der Waals surface area contributed by atoms with Crippen molar-refractivity contribution < 1.29 is 9.90 Å². The summed E-state index contributed by atoms with van der Waals surface area (Å²) in [6.45, 7) is 6.17. The predicted octanol–water partition coefficient (Wildman–Crippen LogP) is 0.949. The summed E-state index contributed by atoms with van der Waals surface area (Å²) in [6.07, 6.45) is 3.78. The van der Waals surface area contributed by atoms with Crippen LogP contribution in [-0.2, 0) is 4.79 Å². The molecule has 0 rings (SSSR count). The van der Waals surface area contributed by atoms with E-state index in [0.29, 0.717) is 13.0 Å². The van der Waals surface area contributed by atoms with Gasteiger partial charge in [-0.25, -0.2) is 0 Å². The van der Waals surface area contributed by atoms with Gasteiger partial charge in [0.15, 0.2) is 0 Å². The average molecular weight is 228 g/mol. The molecule has 0 saturated heterocycles. The highest BCUT2D eigenvalue weighted by Crippen LogP contribution is 2.08. The van der Waals surface area contributed by atoms with E-state index in [2.05, 4.69) is 11.9 Å². The second kappa shape index (κ2) is 9.51. The third-order valence-corrected chi connectivity index (χ3v) is 2.47. The largest absolute Gasteiger partial charge is 0.381 e. The monoisotopic (exact) mass is 228 g/mol. The van der Waals surface area contributed by atoms with Crippen molar-refractivity contribution in [2.24, 2.45) is 5.73 Å². The van der Waals surface area contributed by atoms with Crippen molar-refractivity contribution in [3.63, 3.8) is 0 Å². The lowest BCUT2D eigenvalue weighted by atomic mass is 10.0. The molecule has 0 unspecified atom stereocenters. The molecule has 0 aliphatic rings. The fourth-order valence-electron chi connectivity index (χ4n) is 1.49. The minimum Gasteiger partial charge on any atom is -0.381 e. The number of ketones is 1. The smallest absolute Gasteiger partial charge is 0.150 e. The number of hydrogen-bond donors (Lipinski definition) is 3. The zero-order valence-corrected chi connectivity index (χ0v) is 10.2. The molecular weight excluding hydrogens is 204 g/mol. The van der Waals surface area contributed by atoms with Gasteiger partial charge in [0.1, 0.15) is 5.78 Å². The van der Waals surface area contributed by atoms with Crippen molar-refractivity contribution in [3.8, 4) is 0 Å². The van der Waals surface area contributed by atoms with Gasteiger partial charge in [-0.2, -0.15) is 0 Å². The number of carbonyl (C=O) groups excluding carboxylic acids is 1. The fraction of sp³-hybridized carbons (Fsp3) is 0.750. The van der Waals surface area contributed by atoms with Gasteiger partial charge in [-0.1, -0.05) is 12.0 Å². The number of hydrogen-bond acceptors (Lipinski definition) is 4. The lowest BCUT2D eigenvalue weighted by Crippen LogP contribution is -2.37. The molecule has 0 heterocycles. The van der Waals surface area contributed by atoms with Gasteiger partial charge in [-0.05, 0) is 32.7 Å². The third-order valence-electron chi connectivity index (χ3n) is 2.47. The molecule has 0 aromatic rings. The Bertz CT molecular complexity index is 217. The highest BCUT2D eigenvalue weighted by atomic mass is 16.3. The molecule has 0 spiro atoms. The molecule has 0 saturated carbocycles. The third kappa shape index (κ3) is 7.56. The first-order chi connectivity index (χ1) is 7.61. The Hall–Kier alpha value is -0.710. The van der Waals surface area contributed by atoms with E-state index in [1.807, 2.05) is 6.92 Å². The van der Waals surface area contributed by atoms with Crippen LogP contribution in [0.3, 0.4) is 0 Å². The van der Waals surface area contributed by atoms with Gasteiger partial charge in [-0.3, -0.25) is 10.1 Å². The van der Waals surface area contributed by atoms with E-state index in [1.54, 1.807) is 0 Å². The fourth-order valence-corrected chi connectivity index (χ4v) is 1.49. The molecule has 0 amide bonds. The van der Waals surface area contributed by atoms with E-state index < -0.39 is 0 Å². The molecule has 16 heavy (non-hydrogen) atoms. The Morgan fingerprint density at radius 2 is 2.12 bits per heavy atom. The van der Waals surface area contributed by atoms with Gasteiger partial charge in [-0.15, -0.1) is 6.58 Å². The quantitative estimate of drug-likeness (QED) is 0.296. The van der Waals surface area contributed by atoms with Gasteiger partial charge in [0.25, 0.3) is 0 Å². The Morgan fingerprint density at radius 1 is 1.44 bits per heavy atom. The minimum absolute atomic E-state index is 0.147. The summed E-state index contributed by atoms with van der Waals surface area (Å²) in [4.78, 5) is 11.8. The summed E-state index contributed by atoms with van der Waals surface area (Å²) in [7, 11) is 0. The maximum Gasteiger partial charge on any atom is 0.150 e. The molecule has 0 aromatic carbocycles. The highest BCUT2D eigenvalue weighted by Gasteiger charge is 2.16. The molecule has 0 radical (unpaired) electrons. The predicted molar refractivity (Wildman–Crippen MR) is 66.0 cm³/mol. The van der Waals surface area contributed by atoms with Gasteiger partial charge < -0.3 is 10.8 Å². The van der Waals surface area contributed by atoms with Crippen molar-refractivity contribution in [2.75, 3.05) is 13.3 Å². The zero-order valence-electron chi connectivity index (χ0n) is 10.2. The molecule has 0 aliphatic heterocycles. The van der Waals surface area contributed by atoms with Crippen LogP contribution >= 0.6 is 0 Å². The Kier molecular flexibility index (Phi) is 9.09. The molecule has 0 fully saturated rings. The van der Waals surface area contributed by atoms with Gasteiger partial charge in [0, 0.05) is 6.42 Å². The van der Waals surface area contributed by atoms with Gasteiger partial charge in [0.05, 0.1) is 12.8 Å². The van der Waals surface area contributed by atoms with Crippen LogP contribution in [-0.4, -0.2) is 30.2 Å². The molecule has 4 heteroatoms. The number of aliphatic hydroxyl groups is 1. The number of aliphatic hydroxyl groups excluding tert-OH is 1. The number of Topliss-reactive ketones (excluding diaryl/α,β-unsaturated/α-hetero) is 1. The van der Waals surface area contributed by atoms with E-state index >= 15 is 0 Å². The maximum atomic E-state index is 11.8. The van der Waals surface area contributed by atoms with Crippen LogP contribution in [0.4, 0.5) is 0 Å². The molecule has 0 bridgehead atoms. The molecule has 0 aromatic heterocycles. The lowest BCUT2D eigenvalue weighted by Gasteiger charge is -2.16. The Balaban J connectivity index is 3.96. The summed E-state index contributed by atoms with van der Waals surface area (Å²) in [5.41, 5.74) is 6.41. The van der Waals surface area contributed by atoms with E-state index in [0.717, 1.165) is 31.3 Å². The van der Waals surface area contributed by atoms with Crippen molar-refractivity contribution in [1.29, 1.82) is 0 Å². The van der Waals surface area contributed by atoms with Crippen molar-refractivity contribution in [1.82, 2.24) is 5.32 Å². The summed E-state index contributed by atoms with van der Waals surface area (Å²) in [5, 5.41) is 11.6. The standard InChI is InChI=1S/C12H24N2O2/c1-10(2)6-7-12(16)11(14-9-15)5-3-4-8-13/h11,14-15H,1,3-9,13H2,2H3/t11-/m0/s1. The SMILES string of the molecule is C=C(C)CCC(=O)[C@H](CCCCN)NCO. The second-order valence-electron chi connectivity index (χ2n) is 4.12. The molecular formula is C12H24N2O2. The van der Waals surface area contributed by atoms with Gasteiger partial charge >= 0.3 is 0 Å². The van der Waals surface area contributed by atoms with E-state index in [1.165, 1.54) is 0 Å². The normalized spacial score (nSPS) is 12.4. The van der Waals surface area contributed by atoms with E-state index in [9.17, 15) is 4.79 Å². The number of rotatable bonds is 10. The number of allylic oxidation sites excluding steroid dienone is 1. The van der Waals surface area contributed by atoms with Crippen molar-refractivity contribution in [3.05, 3.63) is 12.2 Å². The van der Waals surface area contributed by atoms with Crippen molar-refractivity contribution in [2.45, 2.75) is 45.1 Å². The van der Waals surface area contributed by atoms with Crippen LogP contribution in [0.1, 0.15) is 39.0 Å². The first kappa shape index (κ1) is 15.3. The summed E-state index contributed by atoms with van der Waals surface area (Å²) < 4.78 is 0. The minimum atomic E-state index is -0.240. The van der Waals surface area contributed by atoms with Crippen LogP contribution in [0.25, 0.3) is 0 Å². The summed E-state index contributed by atoms with van der Waals surface area (Å²) in [5.74, 6) is 0.147. The van der Waals surface area contributed by atoms with Gasteiger partial charge in [0.2, 0.25) is 0 Å². The second-order valence-corrected chi connectivity index (χ2v) is 4.12. The van der Waals surface area contributed by atoms with E-state index in [4.69, 9.17) is 10.8 Å². The lowest BCUT2D eigenvalue weighted by molar-refractivity contribution is -0.121. The molecule has 4 nitrogen and oxygen atoms in total. The summed E-state index contributed by atoms with van der Waals surface area (Å²) in [6, 6.07) is -0.240. The van der Waals surface area contributed by atoms with Crippen LogP contribution in [0.5, 0.6) is 0 Å². The molecule has 1 atom stereocenters. The van der Waals surface area contributed by atoms with Crippen LogP contribution < -0.4 is 11.1 Å². The molecule has 94 valence electrons.